The van der Waals surface area contributed by atoms with Crippen molar-refractivity contribution in [3.63, 3.8) is 0 Å². The van der Waals surface area contributed by atoms with Crippen LogP contribution < -0.4 is 11.1 Å². The van der Waals surface area contributed by atoms with E-state index < -0.39 is 5.91 Å². The number of anilines is 1. The topological polar surface area (TPSA) is 77.1 Å². The fourth-order valence-electron chi connectivity index (χ4n) is 2.23. The molecule has 0 bridgehead atoms. The molecule has 2 amide bonds. The van der Waals surface area contributed by atoms with Crippen LogP contribution in [-0.2, 0) is 11.2 Å². The third-order valence-corrected chi connectivity index (χ3v) is 3.67. The lowest BCUT2D eigenvalue weighted by atomic mass is 10.1. The summed E-state index contributed by atoms with van der Waals surface area (Å²) in [5, 5.41) is 2.85. The molecule has 3 N–H and O–H groups in total. The van der Waals surface area contributed by atoms with Gasteiger partial charge in [-0.2, -0.15) is 0 Å². The number of nitrogens with two attached hydrogens (primary N) is 1. The first-order chi connectivity index (χ1) is 10.4. The van der Waals surface area contributed by atoms with Crippen molar-refractivity contribution >= 4 is 33.4 Å². The molecule has 0 unspecified atom stereocenters. The largest absolute Gasteiger partial charge is 0.369 e. The van der Waals surface area contributed by atoms with E-state index in [-0.39, 0.29) is 18.4 Å². The first-order valence-electron chi connectivity index (χ1n) is 6.93. The number of rotatable bonds is 5. The Kier molecular flexibility index (Phi) is 5.03. The Hall–Kier alpha value is -2.08. The second-order valence-electron chi connectivity index (χ2n) is 5.30. The number of benzene rings is 1. The van der Waals surface area contributed by atoms with Gasteiger partial charge in [0.2, 0.25) is 5.91 Å². The van der Waals surface area contributed by atoms with Gasteiger partial charge in [-0.05, 0) is 47.5 Å². The van der Waals surface area contributed by atoms with E-state index in [9.17, 15) is 9.59 Å². The van der Waals surface area contributed by atoms with Crippen molar-refractivity contribution in [3.8, 4) is 0 Å². The average Bonchev–Trinajstić information content (AvgIpc) is 2.83. The van der Waals surface area contributed by atoms with Crippen molar-refractivity contribution in [1.82, 2.24) is 4.57 Å². The summed E-state index contributed by atoms with van der Waals surface area (Å²) in [5.74, 6) is -0.661. The van der Waals surface area contributed by atoms with Crippen LogP contribution in [-0.4, -0.2) is 16.4 Å². The minimum absolute atomic E-state index is 0.0886. The Morgan fingerprint density at radius 3 is 2.64 bits per heavy atom. The molecule has 0 aliphatic heterocycles. The van der Waals surface area contributed by atoms with Crippen LogP contribution in [0.15, 0.2) is 41.0 Å². The number of amides is 2. The third-order valence-electron chi connectivity index (χ3n) is 3.23. The number of aromatic nitrogens is 1. The summed E-state index contributed by atoms with van der Waals surface area (Å²) in [4.78, 5) is 23.6. The van der Waals surface area contributed by atoms with Gasteiger partial charge in [-0.3, -0.25) is 9.59 Å². The summed E-state index contributed by atoms with van der Waals surface area (Å²) in [7, 11) is 0. The molecule has 0 aliphatic carbocycles. The van der Waals surface area contributed by atoms with E-state index >= 15 is 0 Å². The molecule has 0 aliphatic rings. The van der Waals surface area contributed by atoms with Gasteiger partial charge in [0.1, 0.15) is 5.69 Å². The zero-order valence-corrected chi connectivity index (χ0v) is 14.1. The fraction of sp³-hybridized carbons (Fsp3) is 0.250. The van der Waals surface area contributed by atoms with Crippen LogP contribution in [0.25, 0.3) is 0 Å². The van der Waals surface area contributed by atoms with Gasteiger partial charge in [0.05, 0.1) is 6.42 Å². The maximum Gasteiger partial charge on any atom is 0.272 e. The monoisotopic (exact) mass is 363 g/mol. The van der Waals surface area contributed by atoms with Crippen molar-refractivity contribution in [2.24, 2.45) is 5.73 Å². The maximum atomic E-state index is 12.5. The first-order valence-corrected chi connectivity index (χ1v) is 7.72. The van der Waals surface area contributed by atoms with Crippen LogP contribution in [0.3, 0.4) is 0 Å². The normalized spacial score (nSPS) is 10.7. The number of nitrogens with one attached hydrogen (secondary N) is 1. The molecule has 1 heterocycles. The van der Waals surface area contributed by atoms with Gasteiger partial charge in [-0.15, -0.1) is 0 Å². The van der Waals surface area contributed by atoms with E-state index in [4.69, 9.17) is 5.73 Å². The average molecular weight is 364 g/mol. The summed E-state index contributed by atoms with van der Waals surface area (Å²) in [5.41, 5.74) is 7.09. The summed E-state index contributed by atoms with van der Waals surface area (Å²) < 4.78 is 2.73. The molecule has 0 atom stereocenters. The summed E-state index contributed by atoms with van der Waals surface area (Å²) in [6.07, 6.45) is 1.96. The van der Waals surface area contributed by atoms with Gasteiger partial charge < -0.3 is 15.6 Å². The molecule has 0 spiro atoms. The lowest BCUT2D eigenvalue weighted by Gasteiger charge is -2.14. The van der Waals surface area contributed by atoms with Gasteiger partial charge in [-0.25, -0.2) is 0 Å². The summed E-state index contributed by atoms with van der Waals surface area (Å²) >= 11 is 3.39. The Balaban J connectivity index is 2.28. The lowest BCUT2D eigenvalue weighted by Crippen LogP contribution is -2.20. The molecule has 0 saturated heterocycles. The number of para-hydroxylation sites is 1. The van der Waals surface area contributed by atoms with Crippen molar-refractivity contribution in [1.29, 1.82) is 0 Å². The molecule has 0 radical (unpaired) electrons. The number of carbonyl (C=O) groups is 2. The maximum absolute atomic E-state index is 12.5. The highest BCUT2D eigenvalue weighted by Crippen LogP contribution is 2.22. The van der Waals surface area contributed by atoms with Crippen molar-refractivity contribution in [2.75, 3.05) is 5.32 Å². The molecular weight excluding hydrogens is 346 g/mol. The lowest BCUT2D eigenvalue weighted by molar-refractivity contribution is -0.117. The molecule has 1 aromatic carbocycles. The number of hydrogen-bond acceptors (Lipinski definition) is 2. The van der Waals surface area contributed by atoms with Crippen LogP contribution in [0.4, 0.5) is 5.69 Å². The molecule has 6 heteroatoms. The fourth-order valence-corrected chi connectivity index (χ4v) is 2.66. The Morgan fingerprint density at radius 1 is 1.32 bits per heavy atom. The number of primary amides is 1. The van der Waals surface area contributed by atoms with E-state index in [0.29, 0.717) is 16.9 Å². The molecular formula is C16H18BrN3O2. The van der Waals surface area contributed by atoms with Gasteiger partial charge in [0.15, 0.2) is 0 Å². The Labute approximate surface area is 137 Å². The number of nitrogens with zero attached hydrogens (tertiary/aromatic N) is 1. The van der Waals surface area contributed by atoms with Crippen LogP contribution >= 0.6 is 15.9 Å². The predicted molar refractivity (Wildman–Crippen MR) is 89.8 cm³/mol. The minimum atomic E-state index is -0.435. The highest BCUT2D eigenvalue weighted by atomic mass is 79.9. The van der Waals surface area contributed by atoms with E-state index in [2.05, 4.69) is 21.2 Å². The van der Waals surface area contributed by atoms with E-state index in [1.165, 1.54) is 0 Å². The zero-order valence-electron chi connectivity index (χ0n) is 12.5. The minimum Gasteiger partial charge on any atom is -0.369 e. The van der Waals surface area contributed by atoms with E-state index in [1.54, 1.807) is 30.3 Å². The van der Waals surface area contributed by atoms with Gasteiger partial charge in [0, 0.05) is 22.4 Å². The third kappa shape index (κ3) is 3.76. The molecule has 116 valence electrons. The van der Waals surface area contributed by atoms with E-state index in [1.807, 2.05) is 24.6 Å². The van der Waals surface area contributed by atoms with Crippen molar-refractivity contribution < 1.29 is 9.59 Å². The molecule has 22 heavy (non-hydrogen) atoms. The Morgan fingerprint density at radius 2 is 2.00 bits per heavy atom. The van der Waals surface area contributed by atoms with Crippen molar-refractivity contribution in [3.05, 3.63) is 52.3 Å². The number of carbonyl (C=O) groups excluding carboxylic acids is 2. The first kappa shape index (κ1) is 16.3. The van der Waals surface area contributed by atoms with Gasteiger partial charge >= 0.3 is 0 Å². The molecule has 5 nitrogen and oxygen atoms in total. The summed E-state index contributed by atoms with van der Waals surface area (Å²) in [6, 6.07) is 9.07. The van der Waals surface area contributed by atoms with Gasteiger partial charge in [-0.1, -0.05) is 18.2 Å². The standard InChI is InChI=1S/C16H18BrN3O2/c1-10(2)20-9-12(17)8-14(20)16(22)19-13-6-4-3-5-11(13)7-15(18)21/h3-6,8-10H,7H2,1-2H3,(H2,18,21)(H,19,22). The number of hydrogen-bond donors (Lipinski definition) is 2. The molecule has 0 saturated carbocycles. The number of halogens is 1. The molecule has 2 rings (SSSR count). The summed E-state index contributed by atoms with van der Waals surface area (Å²) in [6.45, 7) is 4.01. The van der Waals surface area contributed by atoms with Crippen LogP contribution in [0, 0.1) is 0 Å². The SMILES string of the molecule is CC(C)n1cc(Br)cc1C(=O)Nc1ccccc1CC(N)=O. The zero-order chi connectivity index (χ0) is 16.3. The Bertz CT molecular complexity index is 707. The quantitative estimate of drug-likeness (QED) is 0.855. The van der Waals surface area contributed by atoms with E-state index in [0.717, 1.165) is 4.47 Å². The van der Waals surface area contributed by atoms with Crippen LogP contribution in [0.2, 0.25) is 0 Å². The molecule has 0 fully saturated rings. The second kappa shape index (κ2) is 6.79. The van der Waals surface area contributed by atoms with Crippen LogP contribution in [0.5, 0.6) is 0 Å². The van der Waals surface area contributed by atoms with Crippen LogP contribution in [0.1, 0.15) is 35.9 Å². The predicted octanol–water partition coefficient (Wildman–Crippen LogP) is 3.11. The second-order valence-corrected chi connectivity index (χ2v) is 6.21. The van der Waals surface area contributed by atoms with Crippen molar-refractivity contribution in [2.45, 2.75) is 26.3 Å². The van der Waals surface area contributed by atoms with Gasteiger partial charge in [0.25, 0.3) is 5.91 Å². The highest BCUT2D eigenvalue weighted by Gasteiger charge is 2.16. The molecule has 2 aromatic rings. The smallest absolute Gasteiger partial charge is 0.272 e. The molecule has 1 aromatic heterocycles. The highest BCUT2D eigenvalue weighted by molar-refractivity contribution is 9.10.